The minimum Gasteiger partial charge on any atom is -0.303 e. The Hall–Kier alpha value is -0.720. The van der Waals surface area contributed by atoms with E-state index < -0.39 is 18.1 Å². The van der Waals surface area contributed by atoms with Crippen molar-refractivity contribution in [2.45, 2.75) is 44.3 Å². The molecular formula is C9H12F3N. The zero-order chi connectivity index (χ0) is 9.90. The zero-order valence-corrected chi connectivity index (χ0v) is 7.27. The van der Waals surface area contributed by atoms with Crippen molar-refractivity contribution in [1.82, 2.24) is 0 Å². The lowest BCUT2D eigenvalue weighted by Gasteiger charge is -2.23. The van der Waals surface area contributed by atoms with Gasteiger partial charge in [0.15, 0.2) is 0 Å². The van der Waals surface area contributed by atoms with Crippen LogP contribution in [0.5, 0.6) is 0 Å². The van der Waals surface area contributed by atoms with E-state index >= 15 is 0 Å². The lowest BCUT2D eigenvalue weighted by molar-refractivity contribution is -0.151. The standard InChI is InChI=1S/C9H12F3N/c1-13-8(9(10,11)12)7-5-3-2-4-6-7/h7-8H,2-6H2. The number of halogens is 3. The average Bonchev–Trinajstić information content (AvgIpc) is 2.05. The van der Waals surface area contributed by atoms with Gasteiger partial charge in [-0.1, -0.05) is 19.3 Å². The van der Waals surface area contributed by atoms with E-state index in [-0.39, 0.29) is 0 Å². The fourth-order valence-electron chi connectivity index (χ4n) is 1.90. The summed E-state index contributed by atoms with van der Waals surface area (Å²) in [5, 5.41) is 0. The highest BCUT2D eigenvalue weighted by Gasteiger charge is 2.50. The minimum absolute atomic E-state index is 0.453. The molecule has 0 aliphatic heterocycles. The van der Waals surface area contributed by atoms with Crippen molar-refractivity contribution in [1.29, 1.82) is 0 Å². The molecule has 0 N–H and O–H groups in total. The summed E-state index contributed by atoms with van der Waals surface area (Å²) in [6, 6.07) is -1.76. The normalized spacial score (nSPS) is 22.3. The van der Waals surface area contributed by atoms with E-state index in [4.69, 9.17) is 6.57 Å². The Kier molecular flexibility index (Phi) is 3.18. The van der Waals surface area contributed by atoms with Crippen LogP contribution in [-0.4, -0.2) is 12.2 Å². The first-order chi connectivity index (χ1) is 6.05. The fraction of sp³-hybridized carbons (Fsp3) is 0.889. The summed E-state index contributed by atoms with van der Waals surface area (Å²) in [6.07, 6.45) is -0.512. The molecular weight excluding hydrogens is 179 g/mol. The Bertz CT molecular complexity index is 198. The summed E-state index contributed by atoms with van der Waals surface area (Å²) in [6.45, 7) is 6.56. The number of hydrogen-bond acceptors (Lipinski definition) is 0. The monoisotopic (exact) mass is 191 g/mol. The number of hydrogen-bond donors (Lipinski definition) is 0. The lowest BCUT2D eigenvalue weighted by Crippen LogP contribution is -2.34. The highest BCUT2D eigenvalue weighted by atomic mass is 19.4. The van der Waals surface area contributed by atoms with E-state index in [9.17, 15) is 13.2 Å². The van der Waals surface area contributed by atoms with Crippen LogP contribution in [0.25, 0.3) is 4.85 Å². The molecule has 0 amide bonds. The van der Waals surface area contributed by atoms with Gasteiger partial charge in [-0.3, -0.25) is 0 Å². The maximum absolute atomic E-state index is 12.3. The van der Waals surface area contributed by atoms with Gasteiger partial charge in [0, 0.05) is 5.92 Å². The first kappa shape index (κ1) is 10.4. The van der Waals surface area contributed by atoms with Gasteiger partial charge >= 0.3 is 12.2 Å². The van der Waals surface area contributed by atoms with Gasteiger partial charge in [-0.2, -0.15) is 13.2 Å². The third kappa shape index (κ3) is 2.61. The Labute approximate surface area is 75.8 Å². The van der Waals surface area contributed by atoms with Crippen LogP contribution in [0.4, 0.5) is 13.2 Å². The van der Waals surface area contributed by atoms with Crippen molar-refractivity contribution >= 4 is 0 Å². The van der Waals surface area contributed by atoms with Gasteiger partial charge < -0.3 is 4.85 Å². The molecule has 1 unspecified atom stereocenters. The first-order valence-corrected chi connectivity index (χ1v) is 4.49. The Morgan fingerprint density at radius 1 is 1.15 bits per heavy atom. The van der Waals surface area contributed by atoms with Crippen LogP contribution in [0.2, 0.25) is 0 Å². The SMILES string of the molecule is [C-]#[N+]C(C1CCCCC1)C(F)(F)F. The molecule has 0 spiro atoms. The molecule has 1 atom stereocenters. The van der Waals surface area contributed by atoms with Crippen molar-refractivity contribution in [2.24, 2.45) is 5.92 Å². The molecule has 0 heterocycles. The largest absolute Gasteiger partial charge is 0.466 e. The molecule has 1 fully saturated rings. The topological polar surface area (TPSA) is 4.36 Å². The van der Waals surface area contributed by atoms with Gasteiger partial charge in [0.05, 0.1) is 0 Å². The summed E-state index contributed by atoms with van der Waals surface area (Å²) in [5.41, 5.74) is 0. The van der Waals surface area contributed by atoms with Crippen molar-refractivity contribution in [3.05, 3.63) is 11.4 Å². The predicted octanol–water partition coefficient (Wildman–Crippen LogP) is 3.42. The molecule has 1 rings (SSSR count). The summed E-state index contributed by atoms with van der Waals surface area (Å²) in [7, 11) is 0. The molecule has 4 heteroatoms. The molecule has 1 aliphatic rings. The lowest BCUT2D eigenvalue weighted by atomic mass is 9.84. The summed E-state index contributed by atoms with van der Waals surface area (Å²) in [4.78, 5) is 2.71. The Morgan fingerprint density at radius 2 is 1.69 bits per heavy atom. The molecule has 1 aliphatic carbocycles. The van der Waals surface area contributed by atoms with Gasteiger partial charge in [-0.25, -0.2) is 6.57 Å². The van der Waals surface area contributed by atoms with Crippen LogP contribution in [0.15, 0.2) is 0 Å². The van der Waals surface area contributed by atoms with Crippen LogP contribution < -0.4 is 0 Å². The van der Waals surface area contributed by atoms with Gasteiger partial charge in [0.25, 0.3) is 0 Å². The quantitative estimate of drug-likeness (QED) is 0.559. The number of rotatable bonds is 1. The van der Waals surface area contributed by atoms with Crippen LogP contribution >= 0.6 is 0 Å². The summed E-state index contributed by atoms with van der Waals surface area (Å²) < 4.78 is 36.9. The van der Waals surface area contributed by atoms with Crippen LogP contribution in [-0.2, 0) is 0 Å². The fourth-order valence-corrected chi connectivity index (χ4v) is 1.90. The predicted molar refractivity (Wildman–Crippen MR) is 43.0 cm³/mol. The molecule has 0 aromatic rings. The maximum Gasteiger partial charge on any atom is 0.466 e. The number of nitrogens with zero attached hydrogens (tertiary/aromatic N) is 1. The third-order valence-corrected chi connectivity index (χ3v) is 2.57. The van der Waals surface area contributed by atoms with Gasteiger partial charge in [0.1, 0.15) is 0 Å². The van der Waals surface area contributed by atoms with Crippen LogP contribution in [0.3, 0.4) is 0 Å². The van der Waals surface area contributed by atoms with Crippen LogP contribution in [0, 0.1) is 12.5 Å². The van der Waals surface area contributed by atoms with E-state index in [0.717, 1.165) is 19.3 Å². The van der Waals surface area contributed by atoms with Gasteiger partial charge in [0.2, 0.25) is 0 Å². The molecule has 0 aromatic heterocycles. The van der Waals surface area contributed by atoms with Crippen molar-refractivity contribution in [3.63, 3.8) is 0 Å². The second kappa shape index (κ2) is 3.99. The first-order valence-electron chi connectivity index (χ1n) is 4.49. The van der Waals surface area contributed by atoms with Gasteiger partial charge in [-0.05, 0) is 12.8 Å². The van der Waals surface area contributed by atoms with E-state index in [2.05, 4.69) is 4.85 Å². The molecule has 0 saturated heterocycles. The second-order valence-electron chi connectivity index (χ2n) is 3.51. The molecule has 1 nitrogen and oxygen atoms in total. The van der Waals surface area contributed by atoms with Crippen molar-refractivity contribution in [2.75, 3.05) is 0 Å². The molecule has 0 radical (unpaired) electrons. The number of alkyl halides is 3. The summed E-state index contributed by atoms with van der Waals surface area (Å²) in [5.74, 6) is -0.453. The smallest absolute Gasteiger partial charge is 0.303 e. The van der Waals surface area contributed by atoms with Gasteiger partial charge in [-0.15, -0.1) is 0 Å². The molecule has 1 saturated carbocycles. The zero-order valence-electron chi connectivity index (χ0n) is 7.27. The molecule has 0 bridgehead atoms. The van der Waals surface area contributed by atoms with E-state index in [1.165, 1.54) is 0 Å². The van der Waals surface area contributed by atoms with E-state index in [1.807, 2.05) is 0 Å². The molecule has 0 aromatic carbocycles. The maximum atomic E-state index is 12.3. The molecule has 13 heavy (non-hydrogen) atoms. The highest BCUT2D eigenvalue weighted by molar-refractivity contribution is 4.92. The Balaban J connectivity index is 2.61. The third-order valence-electron chi connectivity index (χ3n) is 2.57. The second-order valence-corrected chi connectivity index (χ2v) is 3.51. The van der Waals surface area contributed by atoms with E-state index in [1.54, 1.807) is 0 Å². The van der Waals surface area contributed by atoms with Crippen molar-refractivity contribution < 1.29 is 13.2 Å². The highest BCUT2D eigenvalue weighted by Crippen LogP contribution is 2.36. The Morgan fingerprint density at radius 3 is 2.08 bits per heavy atom. The minimum atomic E-state index is -4.33. The van der Waals surface area contributed by atoms with E-state index in [0.29, 0.717) is 12.8 Å². The van der Waals surface area contributed by atoms with Crippen molar-refractivity contribution in [3.8, 4) is 0 Å². The van der Waals surface area contributed by atoms with Crippen LogP contribution in [0.1, 0.15) is 32.1 Å². The summed E-state index contributed by atoms with van der Waals surface area (Å²) >= 11 is 0. The average molecular weight is 191 g/mol. The molecule has 74 valence electrons.